The second kappa shape index (κ2) is 16.2. The van der Waals surface area contributed by atoms with Crippen molar-refractivity contribution in [2.24, 2.45) is 24.9 Å². The molecule has 0 saturated carbocycles. The molecule has 3 radical (unpaired) electrons. The van der Waals surface area contributed by atoms with Crippen LogP contribution in [-0.2, 0) is 27.2 Å². The average Bonchev–Trinajstić information content (AvgIpc) is 3.49. The first-order valence-corrected chi connectivity index (χ1v) is 18.4. The van der Waals surface area contributed by atoms with Crippen molar-refractivity contribution in [1.29, 1.82) is 0 Å². The number of carbonyl (C=O) groups is 1. The molecule has 56 heavy (non-hydrogen) atoms. The Hall–Kier alpha value is -4.43. The van der Waals surface area contributed by atoms with E-state index in [1.807, 2.05) is 60.7 Å². The number of ketones is 1. The second-order valence-corrected chi connectivity index (χ2v) is 16.7. The fourth-order valence-corrected chi connectivity index (χ4v) is 7.08. The maximum Gasteiger partial charge on any atom is 1.00 e. The number of hydrogen-bond donors (Lipinski definition) is 1. The Bertz CT molecular complexity index is 2560. The van der Waals surface area contributed by atoms with Crippen LogP contribution in [0.2, 0.25) is 0 Å². The van der Waals surface area contributed by atoms with Gasteiger partial charge < -0.3 is 16.0 Å². The van der Waals surface area contributed by atoms with Crippen molar-refractivity contribution in [3.8, 4) is 34.0 Å². The number of rotatable bonds is 4. The third kappa shape index (κ3) is 8.46. The number of Topliss-reactive ketones (excluding diaryl/α,β-unsaturated/α-hetero) is 1. The van der Waals surface area contributed by atoms with E-state index >= 15 is 0 Å². The van der Waals surface area contributed by atoms with Gasteiger partial charge in [0.1, 0.15) is 11.5 Å². The van der Waals surface area contributed by atoms with Crippen LogP contribution in [0.1, 0.15) is 77.8 Å². The molecule has 0 amide bonds. The number of ether oxygens (including phenoxy) is 2. The summed E-state index contributed by atoms with van der Waals surface area (Å²) in [7, 11) is 3.50. The largest absolute Gasteiger partial charge is 1.00 e. The van der Waals surface area contributed by atoms with Gasteiger partial charge in [-0.1, -0.05) is 41.5 Å². The molecule has 0 fully saturated rings. The monoisotopic (exact) mass is 767 g/mol. The first-order chi connectivity index (χ1) is 25.5. The number of aryl methyl sites for hydroxylation is 2. The minimum Gasteiger partial charge on any atom is -1.00 e. The Balaban J connectivity index is 0.000000240. The molecule has 1 N–H and O–H groups in total. The van der Waals surface area contributed by atoms with E-state index in [0.29, 0.717) is 61.8 Å². The average molecular weight is 768 g/mol. The summed E-state index contributed by atoms with van der Waals surface area (Å²) in [6.07, 6.45) is 0.467. The molecule has 0 aliphatic carbocycles. The number of aliphatic hydroxyl groups excluding tert-OH is 1. The van der Waals surface area contributed by atoms with Gasteiger partial charge in [0.15, 0.2) is 17.1 Å². The molecule has 14 heteroatoms. The minimum absolute atomic E-state index is 0. The summed E-state index contributed by atoms with van der Waals surface area (Å²) < 4.78 is 17.9. The Morgan fingerprint density at radius 2 is 1.20 bits per heavy atom. The maximum atomic E-state index is 12.7. The number of hydrogen-bond acceptors (Lipinski definition) is 8. The Morgan fingerprint density at radius 1 is 0.714 bits per heavy atom. The number of aromatic nitrogens is 6. The van der Waals surface area contributed by atoms with Gasteiger partial charge in [0.2, 0.25) is 0 Å². The van der Waals surface area contributed by atoms with Crippen LogP contribution >= 0.6 is 0 Å². The van der Waals surface area contributed by atoms with E-state index in [1.165, 1.54) is 0 Å². The zero-order valence-corrected chi connectivity index (χ0v) is 35.8. The minimum atomic E-state index is -0.519. The van der Waals surface area contributed by atoms with Crippen molar-refractivity contribution in [2.75, 3.05) is 13.2 Å². The van der Waals surface area contributed by atoms with Gasteiger partial charge >= 0.3 is 40.9 Å². The number of aliphatic hydroxyl groups is 1. The van der Waals surface area contributed by atoms with Crippen LogP contribution in [0.4, 0.5) is 0 Å². The molecule has 12 nitrogen and oxygen atoms in total. The smallest absolute Gasteiger partial charge is 1.00 e. The fraction of sp³-hybridized carbons (Fsp3) is 0.405. The maximum absolute atomic E-state index is 12.7. The van der Waals surface area contributed by atoms with E-state index in [-0.39, 0.29) is 67.4 Å². The molecule has 2 aromatic carbocycles. The van der Waals surface area contributed by atoms with Crippen LogP contribution in [0.15, 0.2) is 70.3 Å². The molecule has 1 unspecified atom stereocenters. The molecule has 0 bridgehead atoms. The summed E-state index contributed by atoms with van der Waals surface area (Å²) >= 11 is 0. The van der Waals surface area contributed by atoms with E-state index in [0.717, 1.165) is 44.9 Å². The molecular formula is C42H49BN6NaO6. The Morgan fingerprint density at radius 3 is 1.71 bits per heavy atom. The van der Waals surface area contributed by atoms with Crippen LogP contribution in [0.3, 0.4) is 0 Å². The van der Waals surface area contributed by atoms with Gasteiger partial charge in [-0.3, -0.25) is 23.1 Å². The van der Waals surface area contributed by atoms with Crippen molar-refractivity contribution in [1.82, 2.24) is 28.2 Å². The zero-order chi connectivity index (χ0) is 38.7. The van der Waals surface area contributed by atoms with Gasteiger partial charge in [-0.05, 0) is 71.5 Å². The predicted octanol–water partition coefficient (Wildman–Crippen LogP) is 3.41. The third-order valence-electron chi connectivity index (χ3n) is 9.70. The molecule has 4 aromatic heterocycles. The number of nitrogens with zero attached hydrogens (tertiary/aromatic N) is 6. The number of imidazole rings is 2. The summed E-state index contributed by atoms with van der Waals surface area (Å²) in [6.45, 7) is 14.9. The number of fused-ring (bicyclic) bond motifs is 4. The van der Waals surface area contributed by atoms with Gasteiger partial charge in [0.25, 0.3) is 0 Å². The molecule has 2 aliphatic rings. The molecule has 6 aromatic rings. The molecule has 1 atom stereocenters. The first kappa shape index (κ1) is 42.7. The van der Waals surface area contributed by atoms with Crippen LogP contribution in [-0.4, -0.2) is 60.8 Å². The first-order valence-electron chi connectivity index (χ1n) is 18.4. The van der Waals surface area contributed by atoms with Crippen molar-refractivity contribution in [3.63, 3.8) is 0 Å². The number of benzene rings is 2. The molecule has 8 rings (SSSR count). The molecule has 0 saturated heterocycles. The van der Waals surface area contributed by atoms with E-state index < -0.39 is 6.10 Å². The van der Waals surface area contributed by atoms with E-state index in [9.17, 15) is 19.5 Å². The zero-order valence-electron chi connectivity index (χ0n) is 34.8. The van der Waals surface area contributed by atoms with Gasteiger partial charge in [-0.25, -0.2) is 19.6 Å². The Labute approximate surface area is 351 Å². The quantitative estimate of drug-likeness (QED) is 0.270. The van der Waals surface area contributed by atoms with Gasteiger partial charge in [-0.15, -0.1) is 0 Å². The Kier molecular flexibility index (Phi) is 12.4. The molecule has 287 valence electrons. The summed E-state index contributed by atoms with van der Waals surface area (Å²) in [5.74, 6) is 1.44. The number of carbonyl (C=O) groups excluding carboxylic acids is 1. The summed E-state index contributed by atoms with van der Waals surface area (Å²) in [6, 6.07) is 19.0. The van der Waals surface area contributed by atoms with E-state index in [2.05, 4.69) is 41.5 Å². The van der Waals surface area contributed by atoms with E-state index in [1.54, 1.807) is 32.4 Å². The normalized spacial score (nSPS) is 15.1. The van der Waals surface area contributed by atoms with E-state index in [4.69, 9.17) is 19.4 Å². The SMILES string of the molecule is Cn1c(=O)n(CC(C)(C)C)c2ccc(-c3ccc4c(c3)C(=O)CCO4)nc21.Cn1c(=O)n(CC(C)(C)C)c2ccc(-c3ccc4c(c3)C(O)CCO4)nc21.[B].[H-].[Na+]. The molecular weight excluding hydrogens is 718 g/mol. The van der Waals surface area contributed by atoms with Crippen LogP contribution in [0.5, 0.6) is 11.5 Å². The van der Waals surface area contributed by atoms with Crippen LogP contribution in [0, 0.1) is 10.8 Å². The predicted molar refractivity (Wildman–Crippen MR) is 216 cm³/mol. The molecule has 6 heterocycles. The summed E-state index contributed by atoms with van der Waals surface area (Å²) in [5, 5.41) is 10.2. The van der Waals surface area contributed by atoms with Crippen molar-refractivity contribution < 1.29 is 50.4 Å². The molecule has 2 aliphatic heterocycles. The topological polar surface area (TPSA) is 135 Å². The van der Waals surface area contributed by atoms with Gasteiger partial charge in [0.05, 0.1) is 47.3 Å². The van der Waals surface area contributed by atoms with Crippen molar-refractivity contribution in [3.05, 3.63) is 92.8 Å². The summed E-state index contributed by atoms with van der Waals surface area (Å²) in [5.41, 5.74) is 7.43. The van der Waals surface area contributed by atoms with Crippen molar-refractivity contribution in [2.45, 2.75) is 73.6 Å². The van der Waals surface area contributed by atoms with Crippen molar-refractivity contribution >= 4 is 36.5 Å². The second-order valence-electron chi connectivity index (χ2n) is 16.7. The summed E-state index contributed by atoms with van der Waals surface area (Å²) in [4.78, 5) is 47.0. The van der Waals surface area contributed by atoms with Crippen LogP contribution in [0.25, 0.3) is 44.8 Å². The fourth-order valence-electron chi connectivity index (χ4n) is 7.08. The number of pyridine rings is 2. The molecule has 0 spiro atoms. The third-order valence-corrected chi connectivity index (χ3v) is 9.70. The standard InChI is InChI=1S/C21H25N3O3.C21H23N3O3.B.Na.H/c2*1-21(2,3)12-24-16-7-6-15(22-19(16)23(4)20(24)26)13-5-8-18-14(11-13)17(25)9-10-27-18;;;/h5-8,11,17,25H,9-10,12H2,1-4H3;5-8,11H,9-10,12H2,1-4H3;;;/q;;;+1;-1. The van der Waals surface area contributed by atoms with Gasteiger partial charge in [-0.2, -0.15) is 0 Å². The van der Waals surface area contributed by atoms with Gasteiger partial charge in [0, 0.05) is 65.1 Å². The van der Waals surface area contributed by atoms with Crippen LogP contribution < -0.4 is 50.4 Å².